The summed E-state index contributed by atoms with van der Waals surface area (Å²) in [4.78, 5) is 18.8. The first-order valence-corrected chi connectivity index (χ1v) is 7.55. The van der Waals surface area contributed by atoms with Crippen molar-refractivity contribution in [2.45, 2.75) is 20.0 Å². The summed E-state index contributed by atoms with van der Waals surface area (Å²) in [7, 11) is 0. The molecule has 2 aromatic rings. The van der Waals surface area contributed by atoms with E-state index in [1.54, 1.807) is 16.2 Å². The van der Waals surface area contributed by atoms with Gasteiger partial charge in [0.25, 0.3) is 5.82 Å². The summed E-state index contributed by atoms with van der Waals surface area (Å²) in [6.07, 6.45) is 1.39. The van der Waals surface area contributed by atoms with E-state index in [1.165, 1.54) is 11.0 Å². The fraction of sp³-hybridized carbons (Fsp3) is 0.333. The van der Waals surface area contributed by atoms with Gasteiger partial charge in [-0.2, -0.15) is 5.26 Å². The van der Waals surface area contributed by atoms with Crippen molar-refractivity contribution in [2.24, 2.45) is 0 Å². The number of aromatic nitrogens is 3. The summed E-state index contributed by atoms with van der Waals surface area (Å²) in [5.74, 6) is 0.0226. The van der Waals surface area contributed by atoms with Gasteiger partial charge < -0.3 is 4.90 Å². The molecule has 0 saturated carbocycles. The number of carbonyl (C=O) groups is 1. The van der Waals surface area contributed by atoms with Crippen LogP contribution in [0.3, 0.4) is 0 Å². The summed E-state index contributed by atoms with van der Waals surface area (Å²) in [6.45, 7) is 3.22. The molecule has 0 aromatic carbocycles. The number of carbonyl (C=O) groups excluding carboxylic acids is 1. The van der Waals surface area contributed by atoms with E-state index in [9.17, 15) is 4.79 Å². The summed E-state index contributed by atoms with van der Waals surface area (Å²) >= 11 is 5.02. The highest BCUT2D eigenvalue weighted by Crippen LogP contribution is 2.23. The molecule has 2 aromatic heterocycles. The Morgan fingerprint density at radius 3 is 2.95 bits per heavy atom. The minimum absolute atomic E-state index is 0.0496. The molecule has 2 rings (SSSR count). The molecule has 0 aliphatic rings. The molecule has 104 valence electrons. The summed E-state index contributed by atoms with van der Waals surface area (Å²) in [5, 5.41) is 12.5. The van der Waals surface area contributed by atoms with Gasteiger partial charge in [0.15, 0.2) is 0 Å². The van der Waals surface area contributed by atoms with Crippen LogP contribution in [0.25, 0.3) is 0 Å². The molecule has 0 saturated heterocycles. The maximum Gasteiger partial charge on any atom is 0.252 e. The molecule has 0 radical (unpaired) electrons. The number of hydrogen-bond donors (Lipinski definition) is 0. The first-order valence-electron chi connectivity index (χ1n) is 5.94. The Kier molecular flexibility index (Phi) is 4.87. The minimum atomic E-state index is -0.0496. The van der Waals surface area contributed by atoms with E-state index in [4.69, 9.17) is 5.26 Å². The van der Waals surface area contributed by atoms with Gasteiger partial charge in [0.1, 0.15) is 18.9 Å². The minimum Gasteiger partial charge on any atom is -0.336 e. The number of nitrogens with zero attached hydrogens (tertiary/aromatic N) is 5. The van der Waals surface area contributed by atoms with Crippen molar-refractivity contribution < 1.29 is 4.79 Å². The van der Waals surface area contributed by atoms with Crippen molar-refractivity contribution in [3.05, 3.63) is 32.9 Å². The molecule has 0 N–H and O–H groups in total. The largest absolute Gasteiger partial charge is 0.336 e. The molecule has 2 heterocycles. The van der Waals surface area contributed by atoms with Crippen molar-refractivity contribution in [3.8, 4) is 6.07 Å². The Bertz CT molecular complexity index is 644. The van der Waals surface area contributed by atoms with Gasteiger partial charge in [-0.05, 0) is 35.0 Å². The van der Waals surface area contributed by atoms with Crippen LogP contribution in [0.1, 0.15) is 17.6 Å². The Labute approximate surface area is 128 Å². The molecule has 0 unspecified atom stereocenters. The zero-order valence-electron chi connectivity index (χ0n) is 10.8. The Hall–Kier alpha value is -1.72. The number of hydrogen-bond acceptors (Lipinski definition) is 5. The fourth-order valence-electron chi connectivity index (χ4n) is 1.66. The average molecular weight is 354 g/mol. The van der Waals surface area contributed by atoms with Gasteiger partial charge in [0.2, 0.25) is 5.91 Å². The quantitative estimate of drug-likeness (QED) is 0.823. The third kappa shape index (κ3) is 3.65. The molecule has 0 spiro atoms. The number of likely N-dealkylation sites (N-methyl/N-ethyl adjacent to an activating group) is 1. The van der Waals surface area contributed by atoms with E-state index >= 15 is 0 Å². The predicted molar refractivity (Wildman–Crippen MR) is 77.8 cm³/mol. The van der Waals surface area contributed by atoms with Crippen LogP contribution in [0.5, 0.6) is 0 Å². The molecular formula is C12H12BrN5OS. The topological polar surface area (TPSA) is 74.8 Å². The third-order valence-corrected chi connectivity index (χ3v) is 4.25. The predicted octanol–water partition coefficient (Wildman–Crippen LogP) is 2.02. The Morgan fingerprint density at radius 2 is 2.40 bits per heavy atom. The maximum atomic E-state index is 12.2. The molecule has 0 bridgehead atoms. The van der Waals surface area contributed by atoms with Gasteiger partial charge in [0.05, 0.1) is 10.3 Å². The van der Waals surface area contributed by atoms with Crippen LogP contribution in [0.2, 0.25) is 0 Å². The lowest BCUT2D eigenvalue weighted by molar-refractivity contribution is -0.132. The second kappa shape index (κ2) is 6.63. The van der Waals surface area contributed by atoms with Crippen LogP contribution >= 0.6 is 27.3 Å². The van der Waals surface area contributed by atoms with E-state index in [2.05, 4.69) is 26.0 Å². The number of thiophene rings is 1. The summed E-state index contributed by atoms with van der Waals surface area (Å²) in [5.41, 5.74) is 0. The lowest BCUT2D eigenvalue weighted by Gasteiger charge is -2.19. The highest BCUT2D eigenvalue weighted by atomic mass is 79.9. The van der Waals surface area contributed by atoms with Crippen LogP contribution in [-0.2, 0) is 17.9 Å². The van der Waals surface area contributed by atoms with Crippen LogP contribution in [0, 0.1) is 11.3 Å². The van der Waals surface area contributed by atoms with E-state index < -0.39 is 0 Å². The molecule has 0 atom stereocenters. The van der Waals surface area contributed by atoms with E-state index in [1.807, 2.05) is 25.1 Å². The van der Waals surface area contributed by atoms with Gasteiger partial charge in [-0.1, -0.05) is 0 Å². The Morgan fingerprint density at radius 1 is 1.60 bits per heavy atom. The summed E-state index contributed by atoms with van der Waals surface area (Å²) < 4.78 is 2.43. The van der Waals surface area contributed by atoms with Gasteiger partial charge in [-0.15, -0.1) is 16.4 Å². The van der Waals surface area contributed by atoms with Crippen LogP contribution in [-0.4, -0.2) is 32.1 Å². The smallest absolute Gasteiger partial charge is 0.252 e. The second-order valence-corrected chi connectivity index (χ2v) is 6.54. The fourth-order valence-corrected chi connectivity index (χ4v) is 3.16. The van der Waals surface area contributed by atoms with Crippen LogP contribution in [0.15, 0.2) is 22.2 Å². The van der Waals surface area contributed by atoms with E-state index in [0.717, 1.165) is 8.66 Å². The van der Waals surface area contributed by atoms with Crippen molar-refractivity contribution >= 4 is 33.2 Å². The van der Waals surface area contributed by atoms with E-state index in [-0.39, 0.29) is 18.3 Å². The highest BCUT2D eigenvalue weighted by molar-refractivity contribution is 9.11. The highest BCUT2D eigenvalue weighted by Gasteiger charge is 2.14. The van der Waals surface area contributed by atoms with Crippen molar-refractivity contribution in [2.75, 3.05) is 6.54 Å². The van der Waals surface area contributed by atoms with Crippen molar-refractivity contribution in [1.29, 1.82) is 5.26 Å². The number of rotatable bonds is 5. The first-order chi connectivity index (χ1) is 9.62. The molecule has 20 heavy (non-hydrogen) atoms. The van der Waals surface area contributed by atoms with Crippen molar-refractivity contribution in [1.82, 2.24) is 19.7 Å². The van der Waals surface area contributed by atoms with Crippen LogP contribution < -0.4 is 0 Å². The standard InChI is InChI=1S/C12H12BrN5OS/c1-2-17(6-9-3-4-10(13)20-9)12(19)7-18-8-15-11(5-14)16-18/h3-4,8H,2,6-7H2,1H3. The molecule has 8 heteroatoms. The molecule has 0 aliphatic heterocycles. The first kappa shape index (κ1) is 14.7. The molecule has 1 amide bonds. The van der Waals surface area contributed by atoms with E-state index in [0.29, 0.717) is 13.1 Å². The normalized spacial score (nSPS) is 10.2. The lowest BCUT2D eigenvalue weighted by atomic mass is 10.4. The van der Waals surface area contributed by atoms with Gasteiger partial charge in [-0.25, -0.2) is 9.67 Å². The number of amides is 1. The average Bonchev–Trinajstić information content (AvgIpc) is 3.04. The molecule has 0 fully saturated rings. The van der Waals surface area contributed by atoms with Gasteiger partial charge >= 0.3 is 0 Å². The lowest BCUT2D eigenvalue weighted by Crippen LogP contribution is -2.33. The third-order valence-electron chi connectivity index (χ3n) is 2.64. The zero-order chi connectivity index (χ0) is 14.5. The number of nitriles is 1. The van der Waals surface area contributed by atoms with Crippen molar-refractivity contribution in [3.63, 3.8) is 0 Å². The molecular weight excluding hydrogens is 342 g/mol. The molecule has 6 nitrogen and oxygen atoms in total. The summed E-state index contributed by atoms with van der Waals surface area (Å²) in [6, 6.07) is 5.80. The van der Waals surface area contributed by atoms with Gasteiger partial charge in [0, 0.05) is 11.4 Å². The number of halogens is 1. The monoisotopic (exact) mass is 353 g/mol. The van der Waals surface area contributed by atoms with Gasteiger partial charge in [-0.3, -0.25) is 4.79 Å². The Balaban J connectivity index is 2.00. The molecule has 0 aliphatic carbocycles. The second-order valence-electron chi connectivity index (χ2n) is 3.99. The zero-order valence-corrected chi connectivity index (χ0v) is 13.2. The van der Waals surface area contributed by atoms with Crippen LogP contribution in [0.4, 0.5) is 0 Å². The SMILES string of the molecule is CCN(Cc1ccc(Br)s1)C(=O)Cn1cnc(C#N)n1. The maximum absolute atomic E-state index is 12.2.